The van der Waals surface area contributed by atoms with Crippen LogP contribution in [-0.2, 0) is 4.79 Å². The highest BCUT2D eigenvalue weighted by atomic mass is 32.2. The lowest BCUT2D eigenvalue weighted by Gasteiger charge is -2.04. The number of aliphatic imine (C=N–C) groups is 1. The summed E-state index contributed by atoms with van der Waals surface area (Å²) < 4.78 is 0. The van der Waals surface area contributed by atoms with Crippen molar-refractivity contribution in [3.63, 3.8) is 0 Å². The summed E-state index contributed by atoms with van der Waals surface area (Å²) in [5.74, 6) is -0.126. The molecular weight excluding hydrogens is 294 g/mol. The highest BCUT2D eigenvalue weighted by molar-refractivity contribution is 8.18. The van der Waals surface area contributed by atoms with Crippen LogP contribution < -0.4 is 5.32 Å². The van der Waals surface area contributed by atoms with E-state index in [1.165, 1.54) is 11.8 Å². The van der Waals surface area contributed by atoms with Gasteiger partial charge in [0.05, 0.1) is 10.6 Å². The van der Waals surface area contributed by atoms with E-state index in [0.29, 0.717) is 10.1 Å². The van der Waals surface area contributed by atoms with Gasteiger partial charge in [0.15, 0.2) is 5.17 Å². The fourth-order valence-electron chi connectivity index (χ4n) is 2.18. The van der Waals surface area contributed by atoms with Gasteiger partial charge in [-0.2, -0.15) is 0 Å². The largest absolute Gasteiger partial charge is 0.300 e. The molecule has 1 aliphatic rings. The van der Waals surface area contributed by atoms with Crippen LogP contribution in [0, 0.1) is 13.8 Å². The number of hydrogen-bond donors (Lipinski definition) is 1. The van der Waals surface area contributed by atoms with Crippen LogP contribution in [0.3, 0.4) is 0 Å². The van der Waals surface area contributed by atoms with Crippen LogP contribution in [0.25, 0.3) is 6.08 Å². The summed E-state index contributed by atoms with van der Waals surface area (Å²) in [6, 6.07) is 9.78. The molecule has 0 bridgehead atoms. The van der Waals surface area contributed by atoms with Crippen LogP contribution in [0.1, 0.15) is 16.7 Å². The maximum absolute atomic E-state index is 12.0. The Morgan fingerprint density at radius 2 is 1.95 bits per heavy atom. The predicted octanol–water partition coefficient (Wildman–Crippen LogP) is 3.59. The molecule has 0 saturated carbocycles. The molecule has 2 heterocycles. The van der Waals surface area contributed by atoms with Crippen LogP contribution >= 0.6 is 11.8 Å². The summed E-state index contributed by atoms with van der Waals surface area (Å²) in [5, 5.41) is 3.42. The second-order valence-corrected chi connectivity index (χ2v) is 6.04. The molecule has 3 rings (SSSR count). The van der Waals surface area contributed by atoms with Crippen molar-refractivity contribution >= 4 is 34.6 Å². The number of nitrogens with one attached hydrogen (secondary N) is 1. The summed E-state index contributed by atoms with van der Waals surface area (Å²) in [6.45, 7) is 4.03. The molecule has 1 amide bonds. The first-order valence-corrected chi connectivity index (χ1v) is 7.71. The highest BCUT2D eigenvalue weighted by Gasteiger charge is 2.24. The molecule has 4 nitrogen and oxygen atoms in total. The monoisotopic (exact) mass is 309 g/mol. The Morgan fingerprint density at radius 1 is 1.18 bits per heavy atom. The number of benzene rings is 1. The van der Waals surface area contributed by atoms with Crippen molar-refractivity contribution in [1.29, 1.82) is 0 Å². The lowest BCUT2D eigenvalue weighted by molar-refractivity contribution is -0.115. The number of aryl methyl sites for hydroxylation is 2. The Balaban J connectivity index is 1.89. The molecule has 1 aliphatic heterocycles. The molecule has 0 unspecified atom stereocenters. The molecule has 1 N–H and O–H groups in total. The molecule has 1 fully saturated rings. The van der Waals surface area contributed by atoms with E-state index in [-0.39, 0.29) is 5.91 Å². The number of hydrogen-bond acceptors (Lipinski definition) is 4. The van der Waals surface area contributed by atoms with Gasteiger partial charge in [0.25, 0.3) is 5.91 Å². The van der Waals surface area contributed by atoms with Crippen molar-refractivity contribution in [3.8, 4) is 0 Å². The number of carbonyl (C=O) groups excluding carboxylic acids is 1. The average Bonchev–Trinajstić information content (AvgIpc) is 2.84. The molecule has 1 saturated heterocycles. The number of aromatic nitrogens is 1. The van der Waals surface area contributed by atoms with Crippen molar-refractivity contribution in [2.24, 2.45) is 4.99 Å². The van der Waals surface area contributed by atoms with Gasteiger partial charge >= 0.3 is 0 Å². The minimum absolute atomic E-state index is 0.126. The van der Waals surface area contributed by atoms with E-state index < -0.39 is 0 Å². The standard InChI is InChI=1S/C17H15N3OS/c1-11-5-3-6-12(2)15(11)19-17-20-16(21)14(22-17)9-13-7-4-8-18-10-13/h3-10H,1-2H3,(H,19,20,21)/b14-9+. The third kappa shape index (κ3) is 3.09. The van der Waals surface area contributed by atoms with Gasteiger partial charge in [-0.3, -0.25) is 9.78 Å². The Labute approximate surface area is 133 Å². The number of thioether (sulfide) groups is 1. The molecule has 0 aliphatic carbocycles. The number of amidine groups is 1. The SMILES string of the molecule is Cc1cccc(C)c1N=C1NC(=O)/C(=C\c2cccnc2)S1. The Bertz CT molecular complexity index is 761. The minimum Gasteiger partial charge on any atom is -0.300 e. The van der Waals surface area contributed by atoms with E-state index in [4.69, 9.17) is 0 Å². The van der Waals surface area contributed by atoms with Gasteiger partial charge in [-0.05, 0) is 54.4 Å². The van der Waals surface area contributed by atoms with Gasteiger partial charge in [-0.15, -0.1) is 0 Å². The Kier molecular flexibility index (Phi) is 4.06. The molecule has 1 aromatic carbocycles. The van der Waals surface area contributed by atoms with Crippen LogP contribution in [-0.4, -0.2) is 16.1 Å². The van der Waals surface area contributed by atoms with E-state index >= 15 is 0 Å². The van der Waals surface area contributed by atoms with E-state index in [2.05, 4.69) is 15.3 Å². The Hall–Kier alpha value is -2.40. The van der Waals surface area contributed by atoms with Gasteiger partial charge in [0.1, 0.15) is 0 Å². The predicted molar refractivity (Wildman–Crippen MR) is 91.0 cm³/mol. The second kappa shape index (κ2) is 6.15. The quantitative estimate of drug-likeness (QED) is 0.863. The summed E-state index contributed by atoms with van der Waals surface area (Å²) in [5.41, 5.74) is 3.99. The average molecular weight is 309 g/mol. The molecule has 5 heteroatoms. The first-order valence-electron chi connectivity index (χ1n) is 6.89. The lowest BCUT2D eigenvalue weighted by atomic mass is 10.1. The maximum atomic E-state index is 12.0. The summed E-state index contributed by atoms with van der Waals surface area (Å²) in [6.07, 6.45) is 5.25. The van der Waals surface area contributed by atoms with Crippen LogP contribution in [0.2, 0.25) is 0 Å². The van der Waals surface area contributed by atoms with Crippen LogP contribution in [0.4, 0.5) is 5.69 Å². The zero-order valence-corrected chi connectivity index (χ0v) is 13.1. The second-order valence-electron chi connectivity index (χ2n) is 5.01. The highest BCUT2D eigenvalue weighted by Crippen LogP contribution is 2.30. The van der Waals surface area contributed by atoms with Crippen LogP contribution in [0.5, 0.6) is 0 Å². The normalized spacial score (nSPS) is 18.0. The maximum Gasteiger partial charge on any atom is 0.264 e. The van der Waals surface area contributed by atoms with Crippen LogP contribution in [0.15, 0.2) is 52.6 Å². The third-order valence-corrected chi connectivity index (χ3v) is 4.20. The Morgan fingerprint density at radius 3 is 2.64 bits per heavy atom. The topological polar surface area (TPSA) is 54.4 Å². The molecular formula is C17H15N3OS. The minimum atomic E-state index is -0.126. The van der Waals surface area contributed by atoms with E-state index in [1.807, 2.05) is 50.3 Å². The van der Waals surface area contributed by atoms with E-state index in [9.17, 15) is 4.79 Å². The van der Waals surface area contributed by atoms with Gasteiger partial charge in [0, 0.05) is 12.4 Å². The first-order chi connectivity index (χ1) is 10.6. The molecule has 2 aromatic rings. The zero-order valence-electron chi connectivity index (χ0n) is 12.3. The van der Waals surface area contributed by atoms with E-state index in [1.54, 1.807) is 12.4 Å². The van der Waals surface area contributed by atoms with Crippen molar-refractivity contribution in [1.82, 2.24) is 10.3 Å². The molecule has 110 valence electrons. The van der Waals surface area contributed by atoms with Gasteiger partial charge in [-0.25, -0.2) is 4.99 Å². The van der Waals surface area contributed by atoms with Gasteiger partial charge in [0.2, 0.25) is 0 Å². The zero-order chi connectivity index (χ0) is 15.5. The number of carbonyl (C=O) groups is 1. The number of pyridine rings is 1. The third-order valence-electron chi connectivity index (χ3n) is 3.29. The van der Waals surface area contributed by atoms with Crippen molar-refractivity contribution < 1.29 is 4.79 Å². The molecule has 0 spiro atoms. The smallest absolute Gasteiger partial charge is 0.264 e. The molecule has 0 atom stereocenters. The fourth-order valence-corrected chi connectivity index (χ4v) is 3.00. The fraction of sp³-hybridized carbons (Fsp3) is 0.118. The number of para-hydroxylation sites is 1. The van der Waals surface area contributed by atoms with Crippen molar-refractivity contribution in [3.05, 3.63) is 64.3 Å². The number of nitrogens with zero attached hydrogens (tertiary/aromatic N) is 2. The summed E-state index contributed by atoms with van der Waals surface area (Å²) >= 11 is 1.35. The summed E-state index contributed by atoms with van der Waals surface area (Å²) in [4.78, 5) is 21.3. The number of amides is 1. The van der Waals surface area contributed by atoms with Gasteiger partial charge in [-0.1, -0.05) is 24.3 Å². The van der Waals surface area contributed by atoms with Crippen molar-refractivity contribution in [2.45, 2.75) is 13.8 Å². The van der Waals surface area contributed by atoms with Gasteiger partial charge < -0.3 is 5.32 Å². The summed E-state index contributed by atoms with van der Waals surface area (Å²) in [7, 11) is 0. The molecule has 0 radical (unpaired) electrons. The molecule has 22 heavy (non-hydrogen) atoms. The van der Waals surface area contributed by atoms with Crippen molar-refractivity contribution in [2.75, 3.05) is 0 Å². The van der Waals surface area contributed by atoms with E-state index in [0.717, 1.165) is 22.4 Å². The molecule has 1 aromatic heterocycles. The number of rotatable bonds is 2. The first kappa shape index (κ1) is 14.5. The lowest BCUT2D eigenvalue weighted by Crippen LogP contribution is -2.19.